The molecule has 0 atom stereocenters. The Kier molecular flexibility index (Phi) is 9.21. The Hall–Kier alpha value is -1.38. The number of aryl methyl sites for hydroxylation is 1. The van der Waals surface area contributed by atoms with E-state index >= 15 is 0 Å². The first-order chi connectivity index (χ1) is 14.7. The Morgan fingerprint density at radius 1 is 0.767 bits per heavy atom. The van der Waals surface area contributed by atoms with Crippen LogP contribution in [0.2, 0.25) is 0 Å². The molecule has 164 valence electrons. The van der Waals surface area contributed by atoms with Gasteiger partial charge in [-0.2, -0.15) is 0 Å². The zero-order valence-electron chi connectivity index (χ0n) is 18.6. The first-order valence-corrected chi connectivity index (χ1v) is 12.5. The predicted octanol–water partition coefficient (Wildman–Crippen LogP) is 8.62. The summed E-state index contributed by atoms with van der Waals surface area (Å²) in [4.78, 5) is 4.42. The Bertz CT molecular complexity index is 846. The largest absolute Gasteiger partial charge is 0.342 e. The van der Waals surface area contributed by atoms with Gasteiger partial charge in [-0.3, -0.25) is 0 Å². The van der Waals surface area contributed by atoms with E-state index in [9.17, 15) is 0 Å². The van der Waals surface area contributed by atoms with Crippen LogP contribution in [-0.4, -0.2) is 18.1 Å². The number of unbranched alkanes of at least 4 members (excludes halogenated alkanes) is 8. The Morgan fingerprint density at radius 2 is 1.43 bits per heavy atom. The van der Waals surface area contributed by atoms with E-state index in [4.69, 9.17) is 23.2 Å². The highest BCUT2D eigenvalue weighted by Gasteiger charge is 2.29. The van der Waals surface area contributed by atoms with Gasteiger partial charge in [0.1, 0.15) is 10.3 Å². The van der Waals surface area contributed by atoms with Crippen molar-refractivity contribution in [1.82, 2.24) is 4.90 Å². The number of hydrogen-bond donors (Lipinski definition) is 0. The molecule has 2 aromatic carbocycles. The van der Waals surface area contributed by atoms with Crippen LogP contribution in [0.25, 0.3) is 10.8 Å². The first kappa shape index (κ1) is 23.3. The van der Waals surface area contributed by atoms with E-state index in [1.54, 1.807) is 0 Å². The molecule has 0 amide bonds. The smallest absolute Gasteiger partial charge is 0.146 e. The van der Waals surface area contributed by atoms with Crippen molar-refractivity contribution in [3.8, 4) is 0 Å². The Morgan fingerprint density at radius 3 is 2.13 bits per heavy atom. The van der Waals surface area contributed by atoms with Gasteiger partial charge >= 0.3 is 0 Å². The monoisotopic (exact) mass is 446 g/mol. The SMILES string of the molecule is CCCCCCCCCCCN1CN(c2c(CC)ccc3ccccc23)C(Cl)=C1Cl. The highest BCUT2D eigenvalue weighted by molar-refractivity contribution is 6.40. The number of hydrogen-bond acceptors (Lipinski definition) is 2. The molecule has 3 rings (SSSR count). The molecule has 30 heavy (non-hydrogen) atoms. The molecule has 0 aromatic heterocycles. The zero-order chi connectivity index (χ0) is 21.3. The van der Waals surface area contributed by atoms with Gasteiger partial charge in [0.2, 0.25) is 0 Å². The van der Waals surface area contributed by atoms with Crippen molar-refractivity contribution in [2.45, 2.75) is 78.1 Å². The van der Waals surface area contributed by atoms with Crippen molar-refractivity contribution < 1.29 is 0 Å². The van der Waals surface area contributed by atoms with Crippen LogP contribution in [0.3, 0.4) is 0 Å². The highest BCUT2D eigenvalue weighted by atomic mass is 35.5. The fourth-order valence-corrected chi connectivity index (χ4v) is 4.89. The predicted molar refractivity (Wildman–Crippen MR) is 133 cm³/mol. The van der Waals surface area contributed by atoms with E-state index in [0.717, 1.165) is 19.6 Å². The molecule has 2 aromatic rings. The Balaban J connectivity index is 1.57. The van der Waals surface area contributed by atoms with Crippen molar-refractivity contribution in [3.05, 3.63) is 52.3 Å². The van der Waals surface area contributed by atoms with Gasteiger partial charge in [0.15, 0.2) is 0 Å². The van der Waals surface area contributed by atoms with Crippen LogP contribution >= 0.6 is 23.2 Å². The van der Waals surface area contributed by atoms with Crippen molar-refractivity contribution in [1.29, 1.82) is 0 Å². The quantitative estimate of drug-likeness (QED) is 0.237. The van der Waals surface area contributed by atoms with Gasteiger partial charge in [-0.05, 0) is 23.8 Å². The molecular weight excluding hydrogens is 411 g/mol. The topological polar surface area (TPSA) is 6.48 Å². The molecule has 0 radical (unpaired) electrons. The fraction of sp³-hybridized carbons (Fsp3) is 0.538. The maximum absolute atomic E-state index is 6.74. The molecule has 0 saturated carbocycles. The van der Waals surface area contributed by atoms with Crippen LogP contribution in [0.5, 0.6) is 0 Å². The molecule has 0 N–H and O–H groups in total. The van der Waals surface area contributed by atoms with Gasteiger partial charge in [-0.1, -0.05) is 125 Å². The fourth-order valence-electron chi connectivity index (χ4n) is 4.39. The van der Waals surface area contributed by atoms with E-state index in [2.05, 4.69) is 60.0 Å². The minimum atomic E-state index is 0.652. The lowest BCUT2D eigenvalue weighted by atomic mass is 10.0. The molecule has 1 aliphatic rings. The van der Waals surface area contributed by atoms with E-state index in [-0.39, 0.29) is 0 Å². The second kappa shape index (κ2) is 11.9. The molecule has 0 unspecified atom stereocenters. The van der Waals surface area contributed by atoms with Gasteiger partial charge in [0.25, 0.3) is 0 Å². The number of fused-ring (bicyclic) bond motifs is 1. The van der Waals surface area contributed by atoms with Gasteiger partial charge in [-0.25, -0.2) is 0 Å². The third-order valence-corrected chi connectivity index (χ3v) is 7.06. The average Bonchev–Trinajstić information content (AvgIpc) is 3.05. The normalized spacial score (nSPS) is 14.4. The molecule has 0 bridgehead atoms. The molecule has 1 heterocycles. The van der Waals surface area contributed by atoms with Crippen LogP contribution in [0.1, 0.15) is 77.2 Å². The van der Waals surface area contributed by atoms with E-state index in [0.29, 0.717) is 10.3 Å². The lowest BCUT2D eigenvalue weighted by molar-refractivity contribution is 0.379. The van der Waals surface area contributed by atoms with E-state index < -0.39 is 0 Å². The van der Waals surface area contributed by atoms with Gasteiger partial charge in [-0.15, -0.1) is 0 Å². The Labute approximate surface area is 192 Å². The van der Waals surface area contributed by atoms with Gasteiger partial charge < -0.3 is 9.80 Å². The summed E-state index contributed by atoms with van der Waals surface area (Å²) in [6.07, 6.45) is 13.0. The first-order valence-electron chi connectivity index (χ1n) is 11.8. The van der Waals surface area contributed by atoms with Crippen LogP contribution < -0.4 is 4.90 Å². The van der Waals surface area contributed by atoms with Crippen molar-refractivity contribution in [3.63, 3.8) is 0 Å². The zero-order valence-corrected chi connectivity index (χ0v) is 20.1. The second-order valence-corrected chi connectivity index (χ2v) is 9.11. The maximum Gasteiger partial charge on any atom is 0.146 e. The molecule has 0 saturated heterocycles. The molecule has 4 heteroatoms. The second-order valence-electron chi connectivity index (χ2n) is 8.39. The van der Waals surface area contributed by atoms with Crippen LogP contribution in [0, 0.1) is 0 Å². The molecule has 0 fully saturated rings. The summed E-state index contributed by atoms with van der Waals surface area (Å²) in [5.41, 5.74) is 2.51. The summed E-state index contributed by atoms with van der Waals surface area (Å²) >= 11 is 13.4. The van der Waals surface area contributed by atoms with E-state index in [1.807, 2.05) is 0 Å². The van der Waals surface area contributed by atoms with Crippen molar-refractivity contribution in [2.75, 3.05) is 18.1 Å². The summed E-state index contributed by atoms with van der Waals surface area (Å²) in [5, 5.41) is 3.82. The number of nitrogens with zero attached hydrogens (tertiary/aromatic N) is 2. The molecule has 0 spiro atoms. The van der Waals surface area contributed by atoms with Crippen LogP contribution in [0.4, 0.5) is 5.69 Å². The molecule has 2 nitrogen and oxygen atoms in total. The number of anilines is 1. The van der Waals surface area contributed by atoms with Crippen molar-refractivity contribution in [2.24, 2.45) is 0 Å². The highest BCUT2D eigenvalue weighted by Crippen LogP contribution is 2.40. The maximum atomic E-state index is 6.74. The third-order valence-electron chi connectivity index (χ3n) is 6.16. The lowest BCUT2D eigenvalue weighted by Gasteiger charge is -2.26. The van der Waals surface area contributed by atoms with Crippen LogP contribution in [-0.2, 0) is 6.42 Å². The van der Waals surface area contributed by atoms with Gasteiger partial charge in [0.05, 0.1) is 12.4 Å². The summed E-state index contributed by atoms with van der Waals surface area (Å²) < 4.78 is 0. The minimum Gasteiger partial charge on any atom is -0.342 e. The summed E-state index contributed by atoms with van der Waals surface area (Å²) in [7, 11) is 0. The number of rotatable bonds is 12. The lowest BCUT2D eigenvalue weighted by Crippen LogP contribution is -2.28. The molecule has 0 aliphatic carbocycles. The average molecular weight is 447 g/mol. The van der Waals surface area contributed by atoms with E-state index in [1.165, 1.54) is 79.8 Å². The third kappa shape index (κ3) is 5.65. The van der Waals surface area contributed by atoms with Gasteiger partial charge in [0, 0.05) is 11.9 Å². The molecular formula is C26H36Cl2N2. The number of benzene rings is 2. The minimum absolute atomic E-state index is 0.652. The summed E-state index contributed by atoms with van der Waals surface area (Å²) in [5.74, 6) is 0. The number of halogens is 2. The summed E-state index contributed by atoms with van der Waals surface area (Å²) in [6.45, 7) is 6.17. The molecule has 1 aliphatic heterocycles. The van der Waals surface area contributed by atoms with Crippen molar-refractivity contribution >= 4 is 39.7 Å². The van der Waals surface area contributed by atoms with Crippen LogP contribution in [0.15, 0.2) is 46.7 Å². The standard InChI is InChI=1S/C26H36Cl2N2/c1-3-5-6-7-8-9-10-11-14-19-29-20-30(26(28)25(29)27)24-21(4-2)17-18-22-15-12-13-16-23(22)24/h12-13,15-18H,3-11,14,19-20H2,1-2H3. The summed E-state index contributed by atoms with van der Waals surface area (Å²) in [6, 6.07) is 13.0.